The van der Waals surface area contributed by atoms with E-state index in [4.69, 9.17) is 9.47 Å². The molecule has 1 saturated heterocycles. The molecule has 0 bridgehead atoms. The number of aliphatic hydroxyl groups is 1. The molecule has 1 N–H and O–H groups in total. The minimum Gasteiger partial charge on any atom is -0.488 e. The van der Waals surface area contributed by atoms with E-state index in [0.717, 1.165) is 38.0 Å². The maximum atomic E-state index is 11.7. The second-order valence-corrected chi connectivity index (χ2v) is 7.68. The van der Waals surface area contributed by atoms with Gasteiger partial charge in [0.2, 0.25) is 0 Å². The third kappa shape index (κ3) is 4.15. The Hall–Kier alpha value is -2.51. The lowest BCUT2D eigenvalue weighted by atomic mass is 9.78. The minimum atomic E-state index is -0.511. The molecule has 4 rings (SSSR count). The van der Waals surface area contributed by atoms with E-state index in [1.165, 1.54) is 7.11 Å². The smallest absolute Gasteiger partial charge is 0.337 e. The predicted octanol–water partition coefficient (Wildman–Crippen LogP) is 1.91. The molecule has 2 aliphatic rings. The molecule has 28 heavy (non-hydrogen) atoms. The van der Waals surface area contributed by atoms with Gasteiger partial charge in [0, 0.05) is 37.6 Å². The monoisotopic (exact) mass is 383 g/mol. The van der Waals surface area contributed by atoms with E-state index in [2.05, 4.69) is 14.9 Å². The molecule has 0 amide bonds. The van der Waals surface area contributed by atoms with Gasteiger partial charge >= 0.3 is 5.97 Å². The zero-order valence-corrected chi connectivity index (χ0v) is 15.9. The Kier molecular flexibility index (Phi) is 5.54. The van der Waals surface area contributed by atoms with Gasteiger partial charge in [0.05, 0.1) is 18.8 Å². The number of nitrogens with zero attached hydrogens (tertiary/aromatic N) is 3. The molecule has 0 unspecified atom stereocenters. The van der Waals surface area contributed by atoms with Crippen LogP contribution in [0.3, 0.4) is 0 Å². The Balaban J connectivity index is 1.38. The van der Waals surface area contributed by atoms with Gasteiger partial charge in [-0.15, -0.1) is 0 Å². The maximum Gasteiger partial charge on any atom is 0.337 e. The molecule has 1 aliphatic heterocycles. The molecule has 0 radical (unpaired) electrons. The maximum absolute atomic E-state index is 11.7. The number of ether oxygens (including phenoxy) is 2. The van der Waals surface area contributed by atoms with Crippen molar-refractivity contribution in [3.05, 3.63) is 54.1 Å². The SMILES string of the molecule is COC(=O)c1cccc(O[C@@H]2C[C@@H]3CN(Cc4cncnc4)C[C@@H]3C[C@H]2O)c1. The highest BCUT2D eigenvalue weighted by atomic mass is 16.5. The van der Waals surface area contributed by atoms with Crippen molar-refractivity contribution >= 4 is 5.97 Å². The van der Waals surface area contributed by atoms with Crippen LogP contribution in [0.2, 0.25) is 0 Å². The van der Waals surface area contributed by atoms with E-state index in [-0.39, 0.29) is 6.10 Å². The summed E-state index contributed by atoms with van der Waals surface area (Å²) < 4.78 is 10.8. The zero-order valence-electron chi connectivity index (χ0n) is 15.9. The molecule has 0 spiro atoms. The number of aromatic nitrogens is 2. The van der Waals surface area contributed by atoms with Crippen LogP contribution in [-0.4, -0.2) is 58.4 Å². The first kappa shape index (κ1) is 18.8. The quantitative estimate of drug-likeness (QED) is 0.790. The lowest BCUT2D eigenvalue weighted by Crippen LogP contribution is -2.42. The van der Waals surface area contributed by atoms with Gasteiger partial charge in [-0.3, -0.25) is 4.90 Å². The average molecular weight is 383 g/mol. The van der Waals surface area contributed by atoms with Crippen LogP contribution in [0.15, 0.2) is 43.0 Å². The van der Waals surface area contributed by atoms with Gasteiger partial charge in [0.25, 0.3) is 0 Å². The number of esters is 1. The van der Waals surface area contributed by atoms with Crippen molar-refractivity contribution < 1.29 is 19.4 Å². The molecule has 4 atom stereocenters. The first-order chi connectivity index (χ1) is 13.6. The number of rotatable bonds is 5. The van der Waals surface area contributed by atoms with Crippen molar-refractivity contribution in [2.45, 2.75) is 31.6 Å². The van der Waals surface area contributed by atoms with Crippen LogP contribution in [0.25, 0.3) is 0 Å². The predicted molar refractivity (Wildman–Crippen MR) is 102 cm³/mol. The highest BCUT2D eigenvalue weighted by Crippen LogP contribution is 2.38. The lowest BCUT2D eigenvalue weighted by molar-refractivity contribution is -0.0231. The largest absolute Gasteiger partial charge is 0.488 e. The van der Waals surface area contributed by atoms with Crippen LogP contribution in [0, 0.1) is 11.8 Å². The molecule has 7 heteroatoms. The second-order valence-electron chi connectivity index (χ2n) is 7.68. The summed E-state index contributed by atoms with van der Waals surface area (Å²) in [7, 11) is 1.36. The van der Waals surface area contributed by atoms with Crippen molar-refractivity contribution in [1.82, 2.24) is 14.9 Å². The molecular formula is C21H25N3O4. The lowest BCUT2D eigenvalue weighted by Gasteiger charge is -2.35. The first-order valence-electron chi connectivity index (χ1n) is 9.61. The second kappa shape index (κ2) is 8.24. The van der Waals surface area contributed by atoms with Crippen molar-refractivity contribution in [1.29, 1.82) is 0 Å². The Bertz CT molecular complexity index is 816. The summed E-state index contributed by atoms with van der Waals surface area (Å²) >= 11 is 0. The van der Waals surface area contributed by atoms with Gasteiger partial charge < -0.3 is 14.6 Å². The number of benzene rings is 1. The van der Waals surface area contributed by atoms with E-state index in [0.29, 0.717) is 23.1 Å². The van der Waals surface area contributed by atoms with E-state index in [9.17, 15) is 9.90 Å². The van der Waals surface area contributed by atoms with Crippen LogP contribution < -0.4 is 4.74 Å². The van der Waals surface area contributed by atoms with Gasteiger partial charge in [-0.05, 0) is 42.9 Å². The number of hydrogen-bond acceptors (Lipinski definition) is 7. The summed E-state index contributed by atoms with van der Waals surface area (Å²) in [6.07, 6.45) is 6.00. The number of likely N-dealkylation sites (tertiary alicyclic amines) is 1. The topological polar surface area (TPSA) is 84.8 Å². The highest BCUT2D eigenvalue weighted by molar-refractivity contribution is 5.89. The summed E-state index contributed by atoms with van der Waals surface area (Å²) in [6.45, 7) is 2.78. The fraction of sp³-hybridized carbons (Fsp3) is 0.476. The number of hydrogen-bond donors (Lipinski definition) is 1. The summed E-state index contributed by atoms with van der Waals surface area (Å²) in [5.74, 6) is 1.15. The Morgan fingerprint density at radius 3 is 2.71 bits per heavy atom. The fourth-order valence-corrected chi connectivity index (χ4v) is 4.40. The van der Waals surface area contributed by atoms with Crippen molar-refractivity contribution in [2.75, 3.05) is 20.2 Å². The standard InChI is InChI=1S/C21H25N3O4/c1-27-21(26)15-3-2-4-18(5-15)28-20-7-17-12-24(11-16(17)6-19(20)25)10-14-8-22-13-23-9-14/h2-5,8-9,13,16-17,19-20,25H,6-7,10-12H2,1H3/t16-,17+,19+,20+/m0/s1. The molecule has 2 aromatic rings. The number of carbonyl (C=O) groups excluding carboxylic acids is 1. The van der Waals surface area contributed by atoms with Crippen LogP contribution >= 0.6 is 0 Å². The van der Waals surface area contributed by atoms with E-state index < -0.39 is 12.1 Å². The minimum absolute atomic E-state index is 0.269. The normalized spacial score (nSPS) is 27.2. The van der Waals surface area contributed by atoms with E-state index in [1.807, 2.05) is 18.5 Å². The van der Waals surface area contributed by atoms with Crippen LogP contribution in [0.1, 0.15) is 28.8 Å². The van der Waals surface area contributed by atoms with E-state index in [1.54, 1.807) is 24.5 Å². The van der Waals surface area contributed by atoms with Crippen molar-refractivity contribution in [2.24, 2.45) is 11.8 Å². The molecule has 2 heterocycles. The number of fused-ring (bicyclic) bond motifs is 1. The van der Waals surface area contributed by atoms with Crippen LogP contribution in [-0.2, 0) is 11.3 Å². The molecule has 1 aromatic heterocycles. The summed E-state index contributed by atoms with van der Waals surface area (Å²) in [6, 6.07) is 6.93. The Morgan fingerprint density at radius 2 is 1.96 bits per heavy atom. The van der Waals surface area contributed by atoms with Gasteiger partial charge in [-0.1, -0.05) is 6.07 Å². The van der Waals surface area contributed by atoms with Gasteiger partial charge in [0.1, 0.15) is 18.2 Å². The number of aliphatic hydroxyl groups excluding tert-OH is 1. The molecule has 1 saturated carbocycles. The van der Waals surface area contributed by atoms with Crippen molar-refractivity contribution in [3.63, 3.8) is 0 Å². The summed E-state index contributed by atoms with van der Waals surface area (Å²) in [5, 5.41) is 10.6. The molecule has 148 valence electrons. The third-order valence-corrected chi connectivity index (χ3v) is 5.72. The summed E-state index contributed by atoms with van der Waals surface area (Å²) in [5.41, 5.74) is 1.55. The van der Waals surface area contributed by atoms with Gasteiger partial charge in [-0.25, -0.2) is 14.8 Å². The third-order valence-electron chi connectivity index (χ3n) is 5.72. The van der Waals surface area contributed by atoms with Crippen LogP contribution in [0.4, 0.5) is 0 Å². The molecule has 7 nitrogen and oxygen atoms in total. The van der Waals surface area contributed by atoms with Gasteiger partial charge in [-0.2, -0.15) is 0 Å². The molecule has 2 fully saturated rings. The Morgan fingerprint density at radius 1 is 1.21 bits per heavy atom. The summed E-state index contributed by atoms with van der Waals surface area (Å²) in [4.78, 5) is 22.3. The van der Waals surface area contributed by atoms with Crippen LogP contribution in [0.5, 0.6) is 5.75 Å². The fourth-order valence-electron chi connectivity index (χ4n) is 4.40. The molecule has 1 aromatic carbocycles. The van der Waals surface area contributed by atoms with E-state index >= 15 is 0 Å². The molecule has 1 aliphatic carbocycles. The average Bonchev–Trinajstić information content (AvgIpc) is 3.09. The number of carbonyl (C=O) groups is 1. The first-order valence-corrected chi connectivity index (χ1v) is 9.61. The molecular weight excluding hydrogens is 358 g/mol. The zero-order chi connectivity index (χ0) is 19.5. The van der Waals surface area contributed by atoms with Gasteiger partial charge in [0.15, 0.2) is 0 Å². The number of methoxy groups -OCH3 is 1. The van der Waals surface area contributed by atoms with Crippen molar-refractivity contribution in [3.8, 4) is 5.75 Å². The Labute approximate surface area is 164 Å². The highest BCUT2D eigenvalue weighted by Gasteiger charge is 2.42.